The predicted molar refractivity (Wildman–Crippen MR) is 60.1 cm³/mol. The molecule has 2 aromatic rings. The van der Waals surface area contributed by atoms with E-state index in [1.165, 1.54) is 13.3 Å². The maximum Gasteiger partial charge on any atom is 0.257 e. The minimum absolute atomic E-state index is 0.170. The topological polar surface area (TPSA) is 44.2 Å². The number of rotatable bonds is 3. The van der Waals surface area contributed by atoms with E-state index in [9.17, 15) is 0 Å². The van der Waals surface area contributed by atoms with Gasteiger partial charge in [0.05, 0.1) is 13.3 Å². The molecule has 1 aromatic heterocycles. The number of methoxy groups -OCH3 is 1. The Hall–Kier alpha value is -1.81. The second-order valence-electron chi connectivity index (χ2n) is 2.92. The maximum absolute atomic E-state index is 5.88. The highest BCUT2D eigenvalue weighted by molar-refractivity contribution is 6.30. The summed E-state index contributed by atoms with van der Waals surface area (Å²) in [6.07, 6.45) is 1.45. The molecule has 0 atom stereocenters. The van der Waals surface area contributed by atoms with E-state index < -0.39 is 0 Å². The van der Waals surface area contributed by atoms with E-state index in [2.05, 4.69) is 9.97 Å². The molecule has 4 nitrogen and oxygen atoms in total. The van der Waals surface area contributed by atoms with Gasteiger partial charge in [-0.15, -0.1) is 0 Å². The van der Waals surface area contributed by atoms with Crippen molar-refractivity contribution in [2.24, 2.45) is 0 Å². The molecule has 0 fully saturated rings. The van der Waals surface area contributed by atoms with Crippen LogP contribution in [0.3, 0.4) is 0 Å². The molecule has 0 spiro atoms. The number of benzene rings is 1. The van der Waals surface area contributed by atoms with E-state index in [0.29, 0.717) is 11.6 Å². The van der Waals surface area contributed by atoms with Gasteiger partial charge in [0.2, 0.25) is 5.88 Å². The Labute approximate surface area is 97.8 Å². The second-order valence-corrected chi connectivity index (χ2v) is 3.28. The van der Waals surface area contributed by atoms with Gasteiger partial charge in [-0.25, -0.2) is 4.98 Å². The van der Waals surface area contributed by atoms with E-state index in [4.69, 9.17) is 21.1 Å². The molecule has 0 aliphatic heterocycles. The highest BCUT2D eigenvalue weighted by Gasteiger charge is 2.07. The van der Waals surface area contributed by atoms with Gasteiger partial charge in [0.25, 0.3) is 5.88 Å². The molecule has 16 heavy (non-hydrogen) atoms. The van der Waals surface area contributed by atoms with Gasteiger partial charge in [0.1, 0.15) is 5.75 Å². The molecule has 0 N–H and O–H groups in total. The zero-order chi connectivity index (χ0) is 11.4. The van der Waals surface area contributed by atoms with Gasteiger partial charge in [-0.05, 0) is 12.1 Å². The summed E-state index contributed by atoms with van der Waals surface area (Å²) < 4.78 is 10.3. The van der Waals surface area contributed by atoms with Crippen molar-refractivity contribution >= 4 is 11.6 Å². The summed E-state index contributed by atoms with van der Waals surface area (Å²) >= 11 is 5.88. The molecule has 0 saturated carbocycles. The lowest BCUT2D eigenvalue weighted by Gasteiger charge is -2.06. The van der Waals surface area contributed by atoms with E-state index in [-0.39, 0.29) is 11.0 Å². The van der Waals surface area contributed by atoms with Gasteiger partial charge in [0, 0.05) is 0 Å². The van der Waals surface area contributed by atoms with Crippen molar-refractivity contribution in [1.82, 2.24) is 9.97 Å². The van der Waals surface area contributed by atoms with Crippen LogP contribution in [-0.4, -0.2) is 17.1 Å². The van der Waals surface area contributed by atoms with Crippen molar-refractivity contribution < 1.29 is 9.47 Å². The minimum atomic E-state index is 0.170. The Morgan fingerprint density at radius 2 is 1.94 bits per heavy atom. The average molecular weight is 237 g/mol. The van der Waals surface area contributed by atoms with Crippen LogP contribution in [0.1, 0.15) is 0 Å². The zero-order valence-electron chi connectivity index (χ0n) is 8.55. The smallest absolute Gasteiger partial charge is 0.257 e. The molecule has 0 aliphatic carbocycles. The lowest BCUT2D eigenvalue weighted by molar-refractivity contribution is 0.389. The lowest BCUT2D eigenvalue weighted by atomic mass is 10.3. The number of hydrogen-bond acceptors (Lipinski definition) is 4. The standard InChI is InChI=1S/C11H9ClN2O2/c1-15-9-7-13-11(10(12)14-9)16-8-5-3-2-4-6-8/h2-7H,1H3. The number of nitrogens with zero attached hydrogens (tertiary/aromatic N) is 2. The molecule has 0 unspecified atom stereocenters. The monoisotopic (exact) mass is 236 g/mol. The molecule has 0 saturated heterocycles. The second kappa shape index (κ2) is 4.81. The number of aromatic nitrogens is 2. The number of ether oxygens (including phenoxy) is 2. The van der Waals surface area contributed by atoms with Gasteiger partial charge in [-0.1, -0.05) is 29.8 Å². The van der Waals surface area contributed by atoms with Gasteiger partial charge >= 0.3 is 0 Å². The van der Waals surface area contributed by atoms with Crippen LogP contribution in [0, 0.1) is 0 Å². The van der Waals surface area contributed by atoms with Crippen LogP contribution in [0.4, 0.5) is 0 Å². The largest absolute Gasteiger partial charge is 0.480 e. The first-order chi connectivity index (χ1) is 7.79. The summed E-state index contributed by atoms with van der Waals surface area (Å²) in [5, 5.41) is 0.170. The summed E-state index contributed by atoms with van der Waals surface area (Å²) in [7, 11) is 1.50. The van der Waals surface area contributed by atoms with Crippen LogP contribution in [0.25, 0.3) is 0 Å². The van der Waals surface area contributed by atoms with Gasteiger partial charge in [-0.2, -0.15) is 4.98 Å². The fourth-order valence-corrected chi connectivity index (χ4v) is 1.28. The third kappa shape index (κ3) is 2.41. The number of para-hydroxylation sites is 1. The van der Waals surface area contributed by atoms with Crippen LogP contribution >= 0.6 is 11.6 Å². The first-order valence-corrected chi connectivity index (χ1v) is 4.97. The molecule has 0 radical (unpaired) electrons. The van der Waals surface area contributed by atoms with Crippen molar-refractivity contribution in [3.8, 4) is 17.5 Å². The molecule has 0 aliphatic rings. The Kier molecular flexibility index (Phi) is 3.22. The lowest BCUT2D eigenvalue weighted by Crippen LogP contribution is -1.94. The van der Waals surface area contributed by atoms with E-state index in [1.807, 2.05) is 30.3 Å². The van der Waals surface area contributed by atoms with Gasteiger partial charge in [-0.3, -0.25) is 0 Å². The molecule has 1 heterocycles. The SMILES string of the molecule is COc1cnc(Oc2ccccc2)c(Cl)n1. The van der Waals surface area contributed by atoms with Crippen LogP contribution in [0.2, 0.25) is 5.15 Å². The minimum Gasteiger partial charge on any atom is -0.480 e. The van der Waals surface area contributed by atoms with Gasteiger partial charge < -0.3 is 9.47 Å². The Morgan fingerprint density at radius 1 is 1.19 bits per heavy atom. The van der Waals surface area contributed by atoms with Crippen LogP contribution in [0.15, 0.2) is 36.5 Å². The van der Waals surface area contributed by atoms with E-state index >= 15 is 0 Å². The molecule has 82 valence electrons. The van der Waals surface area contributed by atoms with Crippen LogP contribution in [-0.2, 0) is 0 Å². The Bertz CT molecular complexity index is 477. The van der Waals surface area contributed by atoms with Crippen LogP contribution in [0.5, 0.6) is 17.5 Å². The highest BCUT2D eigenvalue weighted by atomic mass is 35.5. The van der Waals surface area contributed by atoms with Crippen molar-refractivity contribution in [2.75, 3.05) is 7.11 Å². The van der Waals surface area contributed by atoms with E-state index in [0.717, 1.165) is 0 Å². The Balaban J connectivity index is 2.22. The normalized spacial score (nSPS) is 9.88. The maximum atomic E-state index is 5.88. The van der Waals surface area contributed by atoms with Crippen LogP contribution < -0.4 is 9.47 Å². The van der Waals surface area contributed by atoms with Crippen molar-refractivity contribution in [3.05, 3.63) is 41.7 Å². The quantitative estimate of drug-likeness (QED) is 0.822. The predicted octanol–water partition coefficient (Wildman–Crippen LogP) is 2.93. The van der Waals surface area contributed by atoms with Crippen molar-refractivity contribution in [3.63, 3.8) is 0 Å². The first kappa shape index (κ1) is 10.7. The third-order valence-electron chi connectivity index (χ3n) is 1.84. The molecular formula is C11H9ClN2O2. The summed E-state index contributed by atoms with van der Waals surface area (Å²) in [4.78, 5) is 7.95. The summed E-state index contributed by atoms with van der Waals surface area (Å²) in [5.41, 5.74) is 0. The summed E-state index contributed by atoms with van der Waals surface area (Å²) in [6, 6.07) is 9.24. The summed E-state index contributed by atoms with van der Waals surface area (Å²) in [6.45, 7) is 0. The molecule has 5 heteroatoms. The molecule has 2 rings (SSSR count). The van der Waals surface area contributed by atoms with Gasteiger partial charge in [0.15, 0.2) is 5.15 Å². The number of halogens is 1. The molecule has 1 aromatic carbocycles. The fraction of sp³-hybridized carbons (Fsp3) is 0.0909. The first-order valence-electron chi connectivity index (χ1n) is 4.59. The fourth-order valence-electron chi connectivity index (χ4n) is 1.11. The molecular weight excluding hydrogens is 228 g/mol. The third-order valence-corrected chi connectivity index (χ3v) is 2.09. The van der Waals surface area contributed by atoms with E-state index in [1.54, 1.807) is 0 Å². The Morgan fingerprint density at radius 3 is 2.56 bits per heavy atom. The highest BCUT2D eigenvalue weighted by Crippen LogP contribution is 2.26. The van der Waals surface area contributed by atoms with Crippen molar-refractivity contribution in [2.45, 2.75) is 0 Å². The van der Waals surface area contributed by atoms with Crippen molar-refractivity contribution in [1.29, 1.82) is 0 Å². The molecule has 0 bridgehead atoms. The average Bonchev–Trinajstić information content (AvgIpc) is 2.33. The number of hydrogen-bond donors (Lipinski definition) is 0. The summed E-state index contributed by atoms with van der Waals surface area (Å²) in [5.74, 6) is 1.27. The molecule has 0 amide bonds. The zero-order valence-corrected chi connectivity index (χ0v) is 9.31.